The minimum Gasteiger partial charge on any atom is -0.472 e. The van der Waals surface area contributed by atoms with Gasteiger partial charge in [0, 0.05) is 6.42 Å². The molecule has 0 unspecified atom stereocenters. The van der Waals surface area contributed by atoms with Crippen LogP contribution in [0.5, 0.6) is 0 Å². The monoisotopic (exact) mass is 249 g/mol. The van der Waals surface area contributed by atoms with Gasteiger partial charge in [0.05, 0.1) is 18.1 Å². The zero-order chi connectivity index (χ0) is 13.0. The Labute approximate surface area is 109 Å². The van der Waals surface area contributed by atoms with Crippen LogP contribution in [0.25, 0.3) is 0 Å². The summed E-state index contributed by atoms with van der Waals surface area (Å²) in [5.74, 6) is 0.343. The van der Waals surface area contributed by atoms with Gasteiger partial charge in [0.15, 0.2) is 5.78 Å². The lowest BCUT2D eigenvalue weighted by Crippen LogP contribution is -2.53. The molecule has 0 aliphatic carbocycles. The Kier molecular flexibility index (Phi) is 4.23. The van der Waals surface area contributed by atoms with Crippen LogP contribution in [0.1, 0.15) is 45.1 Å². The van der Waals surface area contributed by atoms with Gasteiger partial charge < -0.3 is 4.42 Å². The highest BCUT2D eigenvalue weighted by atomic mass is 16.3. The number of rotatable bonds is 6. The summed E-state index contributed by atoms with van der Waals surface area (Å²) >= 11 is 0. The van der Waals surface area contributed by atoms with Gasteiger partial charge in [0.25, 0.3) is 0 Å². The Morgan fingerprint density at radius 1 is 1.33 bits per heavy atom. The maximum Gasteiger partial charge on any atom is 0.157 e. The fourth-order valence-corrected chi connectivity index (χ4v) is 3.16. The molecule has 1 aliphatic rings. The highest BCUT2D eigenvalue weighted by Gasteiger charge is 2.41. The number of furan rings is 1. The lowest BCUT2D eigenvalue weighted by molar-refractivity contribution is -0.130. The predicted octanol–water partition coefficient (Wildman–Crippen LogP) is 3.05. The fourth-order valence-electron chi connectivity index (χ4n) is 3.16. The molecule has 3 heteroatoms. The van der Waals surface area contributed by atoms with Crippen molar-refractivity contribution in [3.8, 4) is 0 Å². The minimum absolute atomic E-state index is 0.256. The summed E-state index contributed by atoms with van der Waals surface area (Å²) < 4.78 is 5.05. The van der Waals surface area contributed by atoms with Gasteiger partial charge in [-0.2, -0.15) is 0 Å². The maximum atomic E-state index is 12.7. The molecule has 2 rings (SSSR count). The van der Waals surface area contributed by atoms with Crippen molar-refractivity contribution in [2.45, 2.75) is 51.5 Å². The minimum atomic E-state index is -0.256. The van der Waals surface area contributed by atoms with Gasteiger partial charge in [-0.05, 0) is 50.4 Å². The molecule has 0 bridgehead atoms. The van der Waals surface area contributed by atoms with Crippen molar-refractivity contribution in [2.75, 3.05) is 13.1 Å². The molecule has 0 amide bonds. The van der Waals surface area contributed by atoms with E-state index in [9.17, 15) is 4.79 Å². The molecule has 1 fully saturated rings. The van der Waals surface area contributed by atoms with E-state index in [4.69, 9.17) is 4.42 Å². The average molecular weight is 249 g/mol. The second kappa shape index (κ2) is 5.70. The first-order valence-corrected chi connectivity index (χ1v) is 7.02. The fraction of sp³-hybridized carbons (Fsp3) is 0.667. The highest BCUT2D eigenvalue weighted by molar-refractivity contribution is 5.90. The average Bonchev–Trinajstić information content (AvgIpc) is 3.04. The van der Waals surface area contributed by atoms with Crippen molar-refractivity contribution >= 4 is 5.78 Å². The number of nitrogens with zero attached hydrogens (tertiary/aromatic N) is 1. The standard InChI is InChI=1S/C15H23NO2/c1-3-15(4-2,16-8-5-6-9-16)14(17)11-13-7-10-18-12-13/h7,10,12H,3-6,8-9,11H2,1-2H3. The summed E-state index contributed by atoms with van der Waals surface area (Å²) in [6.45, 7) is 6.40. The first-order valence-electron chi connectivity index (χ1n) is 7.02. The van der Waals surface area contributed by atoms with E-state index >= 15 is 0 Å². The van der Waals surface area contributed by atoms with Crippen molar-refractivity contribution in [3.63, 3.8) is 0 Å². The third-order valence-corrected chi connectivity index (χ3v) is 4.34. The molecule has 1 saturated heterocycles. The summed E-state index contributed by atoms with van der Waals surface area (Å²) in [6, 6.07) is 1.89. The van der Waals surface area contributed by atoms with Crippen LogP contribution in [0, 0.1) is 0 Å². The number of carbonyl (C=O) groups excluding carboxylic acids is 1. The molecule has 18 heavy (non-hydrogen) atoms. The number of carbonyl (C=O) groups is 1. The molecule has 2 heterocycles. The number of Topliss-reactive ketones (excluding diaryl/α,β-unsaturated/α-hetero) is 1. The van der Waals surface area contributed by atoms with Gasteiger partial charge in [0.1, 0.15) is 0 Å². The zero-order valence-electron chi connectivity index (χ0n) is 11.4. The summed E-state index contributed by atoms with van der Waals surface area (Å²) in [7, 11) is 0. The van der Waals surface area contributed by atoms with Crippen molar-refractivity contribution in [1.82, 2.24) is 4.90 Å². The van der Waals surface area contributed by atoms with Gasteiger partial charge in [-0.15, -0.1) is 0 Å². The third-order valence-electron chi connectivity index (χ3n) is 4.34. The molecule has 0 saturated carbocycles. The molecular weight excluding hydrogens is 226 g/mol. The molecule has 100 valence electrons. The first-order chi connectivity index (χ1) is 8.73. The van der Waals surface area contributed by atoms with Crippen molar-refractivity contribution in [3.05, 3.63) is 24.2 Å². The van der Waals surface area contributed by atoms with E-state index in [1.165, 1.54) is 12.8 Å². The Morgan fingerprint density at radius 2 is 2.00 bits per heavy atom. The van der Waals surface area contributed by atoms with Gasteiger partial charge >= 0.3 is 0 Å². The quantitative estimate of drug-likeness (QED) is 0.777. The van der Waals surface area contributed by atoms with Crippen LogP contribution >= 0.6 is 0 Å². The Hall–Kier alpha value is -1.09. The van der Waals surface area contributed by atoms with Crippen LogP contribution in [0.15, 0.2) is 23.0 Å². The molecule has 1 aromatic heterocycles. The largest absolute Gasteiger partial charge is 0.472 e. The van der Waals surface area contributed by atoms with E-state index in [-0.39, 0.29) is 5.54 Å². The van der Waals surface area contributed by atoms with E-state index in [0.717, 1.165) is 31.5 Å². The molecule has 0 N–H and O–H groups in total. The van der Waals surface area contributed by atoms with Gasteiger partial charge in [0.2, 0.25) is 0 Å². The lowest BCUT2D eigenvalue weighted by Gasteiger charge is -2.39. The molecule has 0 aromatic carbocycles. The van der Waals surface area contributed by atoms with E-state index in [2.05, 4.69) is 18.7 Å². The molecule has 0 atom stereocenters. The molecule has 3 nitrogen and oxygen atoms in total. The molecule has 1 aliphatic heterocycles. The van der Waals surface area contributed by atoms with Gasteiger partial charge in [-0.3, -0.25) is 9.69 Å². The van der Waals surface area contributed by atoms with Crippen LogP contribution in [-0.2, 0) is 11.2 Å². The molecule has 0 radical (unpaired) electrons. The SMILES string of the molecule is CCC(CC)(C(=O)Cc1ccoc1)N1CCCC1. The smallest absolute Gasteiger partial charge is 0.157 e. The highest BCUT2D eigenvalue weighted by Crippen LogP contribution is 2.30. The molecule has 0 spiro atoms. The summed E-state index contributed by atoms with van der Waals surface area (Å²) in [6.07, 6.45) is 8.06. The van der Waals surface area contributed by atoms with Gasteiger partial charge in [-0.1, -0.05) is 13.8 Å². The molecule has 1 aromatic rings. The first kappa shape index (κ1) is 13.3. The lowest BCUT2D eigenvalue weighted by atomic mass is 9.83. The topological polar surface area (TPSA) is 33.5 Å². The van der Waals surface area contributed by atoms with Crippen molar-refractivity contribution in [1.29, 1.82) is 0 Å². The normalized spacial score (nSPS) is 17.2. The predicted molar refractivity (Wildman–Crippen MR) is 71.5 cm³/mol. The number of hydrogen-bond acceptors (Lipinski definition) is 3. The van der Waals surface area contributed by atoms with Crippen LogP contribution in [0.4, 0.5) is 0 Å². The molecular formula is C15H23NO2. The Bertz CT molecular complexity index is 373. The Morgan fingerprint density at radius 3 is 2.50 bits per heavy atom. The van der Waals surface area contributed by atoms with E-state index in [1.807, 2.05) is 6.07 Å². The summed E-state index contributed by atoms with van der Waals surface area (Å²) in [4.78, 5) is 15.1. The Balaban J connectivity index is 2.15. The van der Waals surface area contributed by atoms with Gasteiger partial charge in [-0.25, -0.2) is 0 Å². The van der Waals surface area contributed by atoms with E-state index in [0.29, 0.717) is 12.2 Å². The second-order valence-corrected chi connectivity index (χ2v) is 5.16. The van der Waals surface area contributed by atoms with E-state index in [1.54, 1.807) is 12.5 Å². The number of ketones is 1. The summed E-state index contributed by atoms with van der Waals surface area (Å²) in [5, 5.41) is 0. The number of hydrogen-bond donors (Lipinski definition) is 0. The second-order valence-electron chi connectivity index (χ2n) is 5.16. The third kappa shape index (κ3) is 2.37. The number of likely N-dealkylation sites (tertiary alicyclic amines) is 1. The van der Waals surface area contributed by atoms with Crippen LogP contribution in [-0.4, -0.2) is 29.3 Å². The zero-order valence-corrected chi connectivity index (χ0v) is 11.4. The summed E-state index contributed by atoms with van der Waals surface area (Å²) in [5.41, 5.74) is 0.735. The maximum absolute atomic E-state index is 12.7. The van der Waals surface area contributed by atoms with Crippen LogP contribution in [0.2, 0.25) is 0 Å². The van der Waals surface area contributed by atoms with Crippen LogP contribution in [0.3, 0.4) is 0 Å². The van der Waals surface area contributed by atoms with Crippen molar-refractivity contribution in [2.24, 2.45) is 0 Å². The van der Waals surface area contributed by atoms with Crippen molar-refractivity contribution < 1.29 is 9.21 Å². The van der Waals surface area contributed by atoms with Crippen LogP contribution < -0.4 is 0 Å². The van der Waals surface area contributed by atoms with E-state index < -0.39 is 0 Å².